The van der Waals surface area contributed by atoms with Gasteiger partial charge in [-0.15, -0.1) is 0 Å². The summed E-state index contributed by atoms with van der Waals surface area (Å²) in [6, 6.07) is 0. The smallest absolute Gasteiger partial charge is 0.309 e. The van der Waals surface area contributed by atoms with Gasteiger partial charge >= 0.3 is 5.97 Å². The third kappa shape index (κ3) is 2.44. The van der Waals surface area contributed by atoms with E-state index in [1.54, 1.807) is 19.1 Å². The normalized spacial score (nSPS) is 47.8. The average molecular weight is 431 g/mol. The van der Waals surface area contributed by atoms with Crippen LogP contribution in [0.5, 0.6) is 0 Å². The van der Waals surface area contributed by atoms with Crippen LogP contribution in [0.25, 0.3) is 0 Å². The lowest BCUT2D eigenvalue weighted by Gasteiger charge is -2.49. The van der Waals surface area contributed by atoms with Gasteiger partial charge in [0.15, 0.2) is 17.5 Å². The molecule has 5 rings (SSSR count). The third-order valence-electron chi connectivity index (χ3n) is 9.57. The van der Waals surface area contributed by atoms with Crippen molar-refractivity contribution in [2.45, 2.75) is 71.2 Å². The standard InChI is InChI=1S/C25H34O6/c1-12-10-24-13(2)8-17-18(23(17,3)4)16(20(24)28)9-15(11-26)19(27)25(24,30)21(12)31-22(29)14-6-5-7-14/h9-10,13-14,16-19,21,26-27,30H,5-8,11H2,1-4H3/t13-,16+,17-,18+,19-,21+,24-,25+/m1/s1. The molecule has 5 aliphatic carbocycles. The predicted octanol–water partition coefficient (Wildman–Crippen LogP) is 2.17. The first kappa shape index (κ1) is 21.4. The van der Waals surface area contributed by atoms with Crippen LogP contribution in [0.3, 0.4) is 0 Å². The van der Waals surface area contributed by atoms with Crippen molar-refractivity contribution in [3.05, 3.63) is 23.3 Å². The summed E-state index contributed by atoms with van der Waals surface area (Å²) in [5.41, 5.74) is -2.55. The van der Waals surface area contributed by atoms with Gasteiger partial charge in [-0.05, 0) is 60.5 Å². The summed E-state index contributed by atoms with van der Waals surface area (Å²) in [7, 11) is 0. The van der Waals surface area contributed by atoms with Crippen LogP contribution in [-0.2, 0) is 14.3 Å². The highest BCUT2D eigenvalue weighted by Crippen LogP contribution is 2.71. The van der Waals surface area contributed by atoms with E-state index in [0.29, 0.717) is 11.5 Å². The third-order valence-corrected chi connectivity index (χ3v) is 9.57. The van der Waals surface area contributed by atoms with Crippen molar-refractivity contribution in [1.29, 1.82) is 0 Å². The summed E-state index contributed by atoms with van der Waals surface area (Å²) in [4.78, 5) is 26.9. The van der Waals surface area contributed by atoms with E-state index < -0.39 is 35.7 Å². The molecule has 0 aliphatic heterocycles. The molecule has 0 aromatic carbocycles. The fourth-order valence-corrected chi connectivity index (χ4v) is 7.45. The van der Waals surface area contributed by atoms with Crippen LogP contribution in [0.15, 0.2) is 23.3 Å². The summed E-state index contributed by atoms with van der Waals surface area (Å²) in [6.07, 6.45) is 4.12. The Balaban J connectivity index is 1.65. The Kier molecular flexibility index (Phi) is 4.49. The Bertz CT molecular complexity index is 898. The van der Waals surface area contributed by atoms with Gasteiger partial charge in [-0.1, -0.05) is 39.3 Å². The van der Waals surface area contributed by atoms with Gasteiger partial charge in [0.2, 0.25) is 0 Å². The lowest BCUT2D eigenvalue weighted by Crippen LogP contribution is -2.66. The van der Waals surface area contributed by atoms with Gasteiger partial charge in [0, 0.05) is 5.92 Å². The molecule has 0 amide bonds. The number of Topliss-reactive ketones (excluding diaryl/α,β-unsaturated/α-hetero) is 1. The number of hydrogen-bond acceptors (Lipinski definition) is 6. The SMILES string of the molecule is CC1=C[C@@]23C(=O)[C@@H](C=C(CO)[C@@H](O)[C@]2(O)[C@H]1OC(=O)C1CCC1)[C@H]1[C@@H](C[C@H]3C)C1(C)C. The average Bonchev–Trinajstić information content (AvgIpc) is 3.15. The molecule has 6 heteroatoms. The largest absolute Gasteiger partial charge is 0.454 e. The molecule has 3 N–H and O–H groups in total. The van der Waals surface area contributed by atoms with E-state index in [4.69, 9.17) is 4.74 Å². The van der Waals surface area contributed by atoms with E-state index in [0.717, 1.165) is 25.7 Å². The molecular formula is C25H34O6. The number of carbonyl (C=O) groups is 2. The number of ether oxygens (including phenoxy) is 1. The van der Waals surface area contributed by atoms with Gasteiger partial charge in [-0.2, -0.15) is 0 Å². The zero-order valence-electron chi connectivity index (χ0n) is 18.8. The van der Waals surface area contributed by atoms with E-state index in [1.807, 2.05) is 6.92 Å². The van der Waals surface area contributed by atoms with Gasteiger partial charge < -0.3 is 20.1 Å². The van der Waals surface area contributed by atoms with Crippen LogP contribution in [0.2, 0.25) is 0 Å². The highest BCUT2D eigenvalue weighted by Gasteiger charge is 2.76. The van der Waals surface area contributed by atoms with Crippen molar-refractivity contribution in [2.75, 3.05) is 6.61 Å². The van der Waals surface area contributed by atoms with E-state index >= 15 is 0 Å². The number of aliphatic hydroxyl groups is 3. The Morgan fingerprint density at radius 3 is 2.55 bits per heavy atom. The number of fused-ring (bicyclic) bond motifs is 3. The molecule has 1 spiro atoms. The Labute approximate surface area is 183 Å². The number of carbonyl (C=O) groups excluding carboxylic acids is 2. The zero-order chi connectivity index (χ0) is 22.5. The Hall–Kier alpha value is -1.50. The quantitative estimate of drug-likeness (QED) is 0.468. The molecule has 0 aromatic heterocycles. The first-order valence-corrected chi connectivity index (χ1v) is 11.7. The number of allylic oxidation sites excluding steroid dienone is 1. The zero-order valence-corrected chi connectivity index (χ0v) is 18.8. The molecule has 2 bridgehead atoms. The fourth-order valence-electron chi connectivity index (χ4n) is 7.45. The molecule has 3 fully saturated rings. The minimum Gasteiger partial charge on any atom is -0.454 e. The summed E-state index contributed by atoms with van der Waals surface area (Å²) < 4.78 is 5.84. The van der Waals surface area contributed by atoms with Gasteiger partial charge in [-0.3, -0.25) is 9.59 Å². The lowest BCUT2D eigenvalue weighted by atomic mass is 9.59. The van der Waals surface area contributed by atoms with E-state index in [1.165, 1.54) is 0 Å². The number of rotatable bonds is 3. The van der Waals surface area contributed by atoms with Crippen molar-refractivity contribution >= 4 is 11.8 Å². The lowest BCUT2D eigenvalue weighted by molar-refractivity contribution is -0.206. The van der Waals surface area contributed by atoms with Crippen molar-refractivity contribution in [3.8, 4) is 0 Å². The fraction of sp³-hybridized carbons (Fsp3) is 0.760. The second-order valence-electron chi connectivity index (χ2n) is 11.3. The molecule has 5 aliphatic rings. The predicted molar refractivity (Wildman–Crippen MR) is 113 cm³/mol. The highest BCUT2D eigenvalue weighted by molar-refractivity contribution is 5.95. The molecule has 31 heavy (non-hydrogen) atoms. The molecule has 0 saturated heterocycles. The summed E-state index contributed by atoms with van der Waals surface area (Å²) in [5.74, 6) is -0.972. The maximum Gasteiger partial charge on any atom is 0.309 e. The van der Waals surface area contributed by atoms with Gasteiger partial charge in [0.1, 0.15) is 6.10 Å². The minimum atomic E-state index is -2.03. The maximum absolute atomic E-state index is 14.2. The molecule has 6 nitrogen and oxygen atoms in total. The van der Waals surface area contributed by atoms with E-state index in [2.05, 4.69) is 13.8 Å². The number of hydrogen-bond donors (Lipinski definition) is 3. The van der Waals surface area contributed by atoms with E-state index in [-0.39, 0.29) is 40.5 Å². The van der Waals surface area contributed by atoms with Gasteiger partial charge in [0.05, 0.1) is 17.9 Å². The second kappa shape index (κ2) is 6.52. The first-order valence-electron chi connectivity index (χ1n) is 11.7. The second-order valence-corrected chi connectivity index (χ2v) is 11.3. The molecule has 3 saturated carbocycles. The van der Waals surface area contributed by atoms with Gasteiger partial charge in [-0.25, -0.2) is 0 Å². The number of ketones is 1. The van der Waals surface area contributed by atoms with Crippen molar-refractivity contribution in [1.82, 2.24) is 0 Å². The maximum atomic E-state index is 14.2. The topological polar surface area (TPSA) is 104 Å². The highest BCUT2D eigenvalue weighted by atomic mass is 16.6. The molecule has 0 heterocycles. The molecule has 170 valence electrons. The number of esters is 1. The monoisotopic (exact) mass is 430 g/mol. The van der Waals surface area contributed by atoms with Crippen LogP contribution < -0.4 is 0 Å². The first-order chi connectivity index (χ1) is 14.5. The van der Waals surface area contributed by atoms with Gasteiger partial charge in [0.25, 0.3) is 0 Å². The van der Waals surface area contributed by atoms with Crippen LogP contribution in [-0.4, -0.2) is 51.5 Å². The molecular weight excluding hydrogens is 396 g/mol. The van der Waals surface area contributed by atoms with Crippen LogP contribution >= 0.6 is 0 Å². The van der Waals surface area contributed by atoms with Crippen LogP contribution in [0, 0.1) is 40.4 Å². The summed E-state index contributed by atoms with van der Waals surface area (Å²) in [5, 5.41) is 33.8. The van der Waals surface area contributed by atoms with Crippen LogP contribution in [0.4, 0.5) is 0 Å². The Morgan fingerprint density at radius 1 is 1.29 bits per heavy atom. The van der Waals surface area contributed by atoms with Crippen molar-refractivity contribution in [3.63, 3.8) is 0 Å². The van der Waals surface area contributed by atoms with Crippen molar-refractivity contribution < 1.29 is 29.6 Å². The molecule has 0 aromatic rings. The molecule has 8 atom stereocenters. The summed E-state index contributed by atoms with van der Waals surface area (Å²) in [6.45, 7) is 7.60. The van der Waals surface area contributed by atoms with Crippen molar-refractivity contribution in [2.24, 2.45) is 40.4 Å². The minimum absolute atomic E-state index is 0.00583. The Morgan fingerprint density at radius 2 is 1.97 bits per heavy atom. The van der Waals surface area contributed by atoms with E-state index in [9.17, 15) is 24.9 Å². The van der Waals surface area contributed by atoms with Crippen LogP contribution in [0.1, 0.15) is 53.4 Å². The summed E-state index contributed by atoms with van der Waals surface area (Å²) >= 11 is 0. The molecule has 0 unspecified atom stereocenters. The number of aliphatic hydroxyl groups excluding tert-OH is 2. The molecule has 0 radical (unpaired) electrons.